The molecule has 2 N–H and O–H groups in total. The van der Waals surface area contributed by atoms with Gasteiger partial charge in [-0.25, -0.2) is 0 Å². The van der Waals surface area contributed by atoms with Crippen molar-refractivity contribution in [1.82, 2.24) is 5.32 Å². The predicted molar refractivity (Wildman–Crippen MR) is 62.6 cm³/mol. The summed E-state index contributed by atoms with van der Waals surface area (Å²) in [5.41, 5.74) is 0. The van der Waals surface area contributed by atoms with Gasteiger partial charge in [0.15, 0.2) is 0 Å². The lowest BCUT2D eigenvalue weighted by Gasteiger charge is -2.28. The zero-order valence-electron chi connectivity index (χ0n) is 10.4. The molecule has 1 aliphatic rings. The minimum absolute atomic E-state index is 0.0169. The van der Waals surface area contributed by atoms with Gasteiger partial charge in [0.1, 0.15) is 6.10 Å². The fraction of sp³-hybridized carbons (Fsp3) is 0.833. The highest BCUT2D eigenvalue weighted by atomic mass is 16.5. The molecule has 1 amide bonds. The molecule has 0 aromatic heterocycles. The van der Waals surface area contributed by atoms with Crippen LogP contribution in [0.5, 0.6) is 0 Å². The van der Waals surface area contributed by atoms with Gasteiger partial charge in [0, 0.05) is 6.54 Å². The van der Waals surface area contributed by atoms with Gasteiger partial charge in [-0.05, 0) is 39.5 Å². The fourth-order valence-electron chi connectivity index (χ4n) is 2.11. The Bertz CT molecular complexity index is 272. The molecule has 0 aliphatic heterocycles. The van der Waals surface area contributed by atoms with Crippen LogP contribution in [0.25, 0.3) is 0 Å². The van der Waals surface area contributed by atoms with Crippen molar-refractivity contribution < 1.29 is 19.4 Å². The highest BCUT2D eigenvalue weighted by Crippen LogP contribution is 2.27. The van der Waals surface area contributed by atoms with Crippen LogP contribution >= 0.6 is 0 Å². The highest BCUT2D eigenvalue weighted by molar-refractivity contribution is 5.80. The second-order valence-corrected chi connectivity index (χ2v) is 4.48. The molecule has 0 saturated heterocycles. The van der Waals surface area contributed by atoms with Crippen LogP contribution in [0.4, 0.5) is 0 Å². The SMILES string of the molecule is CCNC(=O)C(C)OC1CCC(C(=O)O)CC1. The molecule has 98 valence electrons. The summed E-state index contributed by atoms with van der Waals surface area (Å²) in [5.74, 6) is -1.07. The van der Waals surface area contributed by atoms with Crippen molar-refractivity contribution in [2.75, 3.05) is 6.54 Å². The van der Waals surface area contributed by atoms with E-state index in [1.807, 2.05) is 6.92 Å². The van der Waals surface area contributed by atoms with Gasteiger partial charge >= 0.3 is 5.97 Å². The van der Waals surface area contributed by atoms with Gasteiger partial charge in [0.25, 0.3) is 0 Å². The number of hydrogen-bond donors (Lipinski definition) is 2. The normalized spacial score (nSPS) is 26.2. The maximum absolute atomic E-state index is 11.5. The van der Waals surface area contributed by atoms with Crippen LogP contribution in [-0.4, -0.2) is 35.7 Å². The highest BCUT2D eigenvalue weighted by Gasteiger charge is 2.28. The molecular weight excluding hydrogens is 222 g/mol. The first kappa shape index (κ1) is 14.0. The first-order valence-corrected chi connectivity index (χ1v) is 6.20. The van der Waals surface area contributed by atoms with E-state index in [0.717, 1.165) is 12.8 Å². The summed E-state index contributed by atoms with van der Waals surface area (Å²) in [6.45, 7) is 4.19. The van der Waals surface area contributed by atoms with E-state index in [9.17, 15) is 9.59 Å². The number of carboxylic acids is 1. The second kappa shape index (κ2) is 6.59. The van der Waals surface area contributed by atoms with Gasteiger partial charge in [-0.2, -0.15) is 0 Å². The Balaban J connectivity index is 2.30. The number of amides is 1. The molecule has 1 fully saturated rings. The van der Waals surface area contributed by atoms with Gasteiger partial charge in [-0.3, -0.25) is 9.59 Å². The van der Waals surface area contributed by atoms with Crippen molar-refractivity contribution in [2.45, 2.75) is 51.7 Å². The Labute approximate surface area is 102 Å². The molecule has 1 atom stereocenters. The lowest BCUT2D eigenvalue weighted by atomic mass is 9.87. The maximum Gasteiger partial charge on any atom is 0.306 e. The van der Waals surface area contributed by atoms with Crippen LogP contribution in [-0.2, 0) is 14.3 Å². The van der Waals surface area contributed by atoms with E-state index in [2.05, 4.69) is 5.32 Å². The maximum atomic E-state index is 11.5. The molecule has 0 aromatic carbocycles. The number of likely N-dealkylation sites (N-methyl/N-ethyl adjacent to an activating group) is 1. The Morgan fingerprint density at radius 2 is 1.94 bits per heavy atom. The summed E-state index contributed by atoms with van der Waals surface area (Å²) in [4.78, 5) is 22.2. The summed E-state index contributed by atoms with van der Waals surface area (Å²) in [6.07, 6.45) is 2.29. The number of rotatable bonds is 5. The third-order valence-corrected chi connectivity index (χ3v) is 3.14. The Morgan fingerprint density at radius 3 is 2.41 bits per heavy atom. The summed E-state index contributed by atoms with van der Waals surface area (Å²) >= 11 is 0. The van der Waals surface area contributed by atoms with E-state index in [-0.39, 0.29) is 17.9 Å². The third kappa shape index (κ3) is 4.34. The molecule has 5 nitrogen and oxygen atoms in total. The van der Waals surface area contributed by atoms with Gasteiger partial charge in [0.2, 0.25) is 5.91 Å². The lowest BCUT2D eigenvalue weighted by molar-refractivity contribution is -0.146. The molecule has 0 aromatic rings. The van der Waals surface area contributed by atoms with Gasteiger partial charge in [-0.1, -0.05) is 0 Å². The average Bonchev–Trinajstić information content (AvgIpc) is 2.30. The summed E-state index contributed by atoms with van der Waals surface area (Å²) in [6, 6.07) is 0. The van der Waals surface area contributed by atoms with Crippen molar-refractivity contribution in [2.24, 2.45) is 5.92 Å². The van der Waals surface area contributed by atoms with Crippen molar-refractivity contribution >= 4 is 11.9 Å². The van der Waals surface area contributed by atoms with E-state index < -0.39 is 12.1 Å². The zero-order chi connectivity index (χ0) is 12.8. The molecule has 1 rings (SSSR count). The molecule has 0 bridgehead atoms. The van der Waals surface area contributed by atoms with Crippen molar-refractivity contribution in [1.29, 1.82) is 0 Å². The van der Waals surface area contributed by atoms with Crippen LogP contribution in [0, 0.1) is 5.92 Å². The number of carbonyl (C=O) groups is 2. The standard InChI is InChI=1S/C12H21NO4/c1-3-13-11(14)8(2)17-10-6-4-9(5-7-10)12(15)16/h8-10H,3-7H2,1-2H3,(H,13,14)(H,15,16). The molecule has 1 aliphatic carbocycles. The summed E-state index contributed by atoms with van der Waals surface area (Å²) in [7, 11) is 0. The van der Waals surface area contributed by atoms with Crippen LogP contribution < -0.4 is 5.32 Å². The molecule has 17 heavy (non-hydrogen) atoms. The number of nitrogens with one attached hydrogen (secondary N) is 1. The van der Waals surface area contributed by atoms with Gasteiger partial charge < -0.3 is 15.2 Å². The number of ether oxygens (including phenoxy) is 1. The van der Waals surface area contributed by atoms with Crippen molar-refractivity contribution in [3.8, 4) is 0 Å². The Morgan fingerprint density at radius 1 is 1.35 bits per heavy atom. The Hall–Kier alpha value is -1.10. The zero-order valence-corrected chi connectivity index (χ0v) is 10.4. The third-order valence-electron chi connectivity index (χ3n) is 3.14. The van der Waals surface area contributed by atoms with Crippen molar-refractivity contribution in [3.63, 3.8) is 0 Å². The van der Waals surface area contributed by atoms with Crippen LogP contribution in [0.3, 0.4) is 0 Å². The average molecular weight is 243 g/mol. The number of hydrogen-bond acceptors (Lipinski definition) is 3. The molecule has 5 heteroatoms. The van der Waals surface area contributed by atoms with E-state index in [4.69, 9.17) is 9.84 Å². The monoisotopic (exact) mass is 243 g/mol. The second-order valence-electron chi connectivity index (χ2n) is 4.48. The van der Waals surface area contributed by atoms with E-state index >= 15 is 0 Å². The minimum Gasteiger partial charge on any atom is -0.481 e. The molecule has 0 radical (unpaired) electrons. The number of carboxylic acid groups (broad SMARTS) is 1. The summed E-state index contributed by atoms with van der Waals surface area (Å²) in [5, 5.41) is 11.6. The number of carbonyl (C=O) groups excluding carboxylic acids is 1. The van der Waals surface area contributed by atoms with Crippen LogP contribution in [0.1, 0.15) is 39.5 Å². The minimum atomic E-state index is -0.722. The molecule has 1 saturated carbocycles. The van der Waals surface area contributed by atoms with Crippen LogP contribution in [0.15, 0.2) is 0 Å². The molecule has 0 heterocycles. The summed E-state index contributed by atoms with van der Waals surface area (Å²) < 4.78 is 5.63. The van der Waals surface area contributed by atoms with E-state index in [1.165, 1.54) is 0 Å². The smallest absolute Gasteiger partial charge is 0.306 e. The van der Waals surface area contributed by atoms with Crippen molar-refractivity contribution in [3.05, 3.63) is 0 Å². The van der Waals surface area contributed by atoms with E-state index in [1.54, 1.807) is 6.92 Å². The first-order valence-electron chi connectivity index (χ1n) is 6.20. The molecule has 1 unspecified atom stereocenters. The first-order chi connectivity index (χ1) is 8.04. The topological polar surface area (TPSA) is 75.6 Å². The molecular formula is C12H21NO4. The van der Waals surface area contributed by atoms with Gasteiger partial charge in [0.05, 0.1) is 12.0 Å². The van der Waals surface area contributed by atoms with Crippen LogP contribution in [0.2, 0.25) is 0 Å². The Kier molecular flexibility index (Phi) is 5.41. The van der Waals surface area contributed by atoms with E-state index in [0.29, 0.717) is 19.4 Å². The fourth-order valence-corrected chi connectivity index (χ4v) is 2.11. The lowest BCUT2D eigenvalue weighted by Crippen LogP contribution is -2.38. The largest absolute Gasteiger partial charge is 0.481 e. The molecule has 0 spiro atoms. The number of aliphatic carboxylic acids is 1. The van der Waals surface area contributed by atoms with Gasteiger partial charge in [-0.15, -0.1) is 0 Å². The predicted octanol–water partition coefficient (Wildman–Crippen LogP) is 1.17. The quantitative estimate of drug-likeness (QED) is 0.760.